The number of nitrogens with one attached hydrogen (secondary N) is 1. The second-order valence-electron chi connectivity index (χ2n) is 6.09. The second kappa shape index (κ2) is 5.90. The molecule has 0 spiro atoms. The van der Waals surface area contributed by atoms with Crippen molar-refractivity contribution in [2.45, 2.75) is 51.6 Å². The molecule has 2 aliphatic heterocycles. The van der Waals surface area contributed by atoms with Gasteiger partial charge in [0.2, 0.25) is 5.91 Å². The maximum Gasteiger partial charge on any atom is 0.326 e. The molecule has 0 aromatic heterocycles. The van der Waals surface area contributed by atoms with Crippen molar-refractivity contribution in [3.63, 3.8) is 0 Å². The second-order valence-corrected chi connectivity index (χ2v) is 6.09. The predicted octanol–water partition coefficient (Wildman–Crippen LogP) is 1.09. The van der Waals surface area contributed by atoms with E-state index in [0.29, 0.717) is 24.9 Å². The summed E-state index contributed by atoms with van der Waals surface area (Å²) in [5.41, 5.74) is 0. The van der Waals surface area contributed by atoms with Gasteiger partial charge >= 0.3 is 5.97 Å². The molecule has 19 heavy (non-hydrogen) atoms. The minimum absolute atomic E-state index is 0.00786. The molecule has 2 saturated heterocycles. The average Bonchev–Trinajstić information content (AvgIpc) is 2.37. The van der Waals surface area contributed by atoms with Gasteiger partial charge in [0.25, 0.3) is 0 Å². The van der Waals surface area contributed by atoms with Crippen molar-refractivity contribution in [2.75, 3.05) is 13.1 Å². The van der Waals surface area contributed by atoms with Crippen molar-refractivity contribution in [1.29, 1.82) is 0 Å². The van der Waals surface area contributed by atoms with E-state index in [4.69, 9.17) is 0 Å². The molecular weight excluding hydrogens is 244 g/mol. The molecule has 2 heterocycles. The molecule has 108 valence electrons. The third-order valence-corrected chi connectivity index (χ3v) is 4.41. The standard InChI is InChI=1S/C14H24N2O3/c1-9-4-6-16(12(7-9)14(18)19)13(17)11-3-5-15-10(2)8-11/h9-12,15H,3-8H2,1-2H3,(H,18,19). The molecule has 5 heteroatoms. The minimum atomic E-state index is -0.859. The van der Waals surface area contributed by atoms with Gasteiger partial charge in [-0.1, -0.05) is 6.92 Å². The van der Waals surface area contributed by atoms with Gasteiger partial charge in [0, 0.05) is 18.5 Å². The number of rotatable bonds is 2. The number of likely N-dealkylation sites (tertiary alicyclic amines) is 1. The first-order chi connectivity index (χ1) is 8.99. The largest absolute Gasteiger partial charge is 0.480 e. The summed E-state index contributed by atoms with van der Waals surface area (Å²) in [7, 11) is 0. The fourth-order valence-electron chi connectivity index (χ4n) is 3.23. The third kappa shape index (κ3) is 3.26. The molecular formula is C14H24N2O3. The van der Waals surface area contributed by atoms with Gasteiger partial charge in [0.05, 0.1) is 0 Å². The molecule has 5 nitrogen and oxygen atoms in total. The van der Waals surface area contributed by atoms with Crippen LogP contribution in [0.2, 0.25) is 0 Å². The van der Waals surface area contributed by atoms with E-state index in [-0.39, 0.29) is 11.8 Å². The van der Waals surface area contributed by atoms with Crippen molar-refractivity contribution >= 4 is 11.9 Å². The van der Waals surface area contributed by atoms with E-state index in [1.807, 2.05) is 0 Å². The Kier molecular flexibility index (Phi) is 4.45. The van der Waals surface area contributed by atoms with Crippen molar-refractivity contribution in [3.05, 3.63) is 0 Å². The first-order valence-corrected chi connectivity index (χ1v) is 7.25. The number of carboxylic acid groups (broad SMARTS) is 1. The summed E-state index contributed by atoms with van der Waals surface area (Å²) in [4.78, 5) is 25.5. The number of piperidine rings is 2. The minimum Gasteiger partial charge on any atom is -0.480 e. The lowest BCUT2D eigenvalue weighted by atomic mass is 9.88. The number of amides is 1. The maximum absolute atomic E-state index is 12.6. The Morgan fingerprint density at radius 1 is 1.21 bits per heavy atom. The van der Waals surface area contributed by atoms with E-state index in [1.54, 1.807) is 4.90 Å². The highest BCUT2D eigenvalue weighted by atomic mass is 16.4. The molecule has 0 radical (unpaired) electrons. The molecule has 0 aliphatic carbocycles. The van der Waals surface area contributed by atoms with E-state index in [0.717, 1.165) is 25.8 Å². The van der Waals surface area contributed by atoms with Crippen molar-refractivity contribution < 1.29 is 14.7 Å². The fourth-order valence-corrected chi connectivity index (χ4v) is 3.23. The zero-order chi connectivity index (χ0) is 14.0. The van der Waals surface area contributed by atoms with Crippen LogP contribution in [-0.4, -0.2) is 47.1 Å². The summed E-state index contributed by atoms with van der Waals surface area (Å²) >= 11 is 0. The number of nitrogens with zero attached hydrogens (tertiary/aromatic N) is 1. The number of hydrogen-bond acceptors (Lipinski definition) is 3. The molecule has 2 fully saturated rings. The molecule has 4 atom stereocenters. The average molecular weight is 268 g/mol. The van der Waals surface area contributed by atoms with Crippen LogP contribution < -0.4 is 5.32 Å². The normalized spacial score (nSPS) is 36.0. The van der Waals surface area contributed by atoms with Gasteiger partial charge in [0.1, 0.15) is 6.04 Å². The first kappa shape index (κ1) is 14.3. The molecule has 0 aromatic rings. The van der Waals surface area contributed by atoms with Crippen LogP contribution >= 0.6 is 0 Å². The summed E-state index contributed by atoms with van der Waals surface area (Å²) in [6.45, 7) is 5.57. The molecule has 2 aliphatic rings. The highest BCUT2D eigenvalue weighted by Gasteiger charge is 2.38. The maximum atomic E-state index is 12.6. The van der Waals surface area contributed by atoms with Gasteiger partial charge in [-0.3, -0.25) is 4.79 Å². The summed E-state index contributed by atoms with van der Waals surface area (Å²) in [6.07, 6.45) is 3.14. The number of carbonyl (C=O) groups is 2. The molecule has 2 N–H and O–H groups in total. The van der Waals surface area contributed by atoms with Crippen LogP contribution in [0.1, 0.15) is 39.5 Å². The smallest absolute Gasteiger partial charge is 0.326 e. The number of carboxylic acids is 1. The lowest BCUT2D eigenvalue weighted by Crippen LogP contribution is -2.53. The summed E-state index contributed by atoms with van der Waals surface area (Å²) in [5.74, 6) is -0.432. The van der Waals surface area contributed by atoms with Crippen molar-refractivity contribution in [1.82, 2.24) is 10.2 Å². The van der Waals surface area contributed by atoms with Gasteiger partial charge in [-0.25, -0.2) is 4.79 Å². The van der Waals surface area contributed by atoms with E-state index in [9.17, 15) is 14.7 Å². The lowest BCUT2D eigenvalue weighted by molar-refractivity contribution is -0.155. The molecule has 0 bridgehead atoms. The number of aliphatic carboxylic acids is 1. The van der Waals surface area contributed by atoms with Gasteiger partial charge in [-0.15, -0.1) is 0 Å². The molecule has 0 aromatic carbocycles. The monoisotopic (exact) mass is 268 g/mol. The highest BCUT2D eigenvalue weighted by molar-refractivity contribution is 5.85. The summed E-state index contributed by atoms with van der Waals surface area (Å²) in [6, 6.07) is -0.281. The molecule has 2 rings (SSSR count). The fraction of sp³-hybridized carbons (Fsp3) is 0.857. The summed E-state index contributed by atoms with van der Waals surface area (Å²) < 4.78 is 0. The zero-order valence-corrected chi connectivity index (χ0v) is 11.8. The van der Waals surface area contributed by atoms with Crippen LogP contribution in [0, 0.1) is 11.8 Å². The lowest BCUT2D eigenvalue weighted by Gasteiger charge is -2.39. The quantitative estimate of drug-likeness (QED) is 0.786. The molecule has 1 amide bonds. The van der Waals surface area contributed by atoms with Crippen LogP contribution in [0.5, 0.6) is 0 Å². The van der Waals surface area contributed by atoms with Gasteiger partial charge < -0.3 is 15.3 Å². The SMILES string of the molecule is CC1CCN(C(=O)C2CCNC(C)C2)C(C(=O)O)C1. The number of hydrogen-bond donors (Lipinski definition) is 2. The van der Waals surface area contributed by atoms with Crippen LogP contribution in [-0.2, 0) is 9.59 Å². The van der Waals surface area contributed by atoms with Crippen molar-refractivity contribution in [3.8, 4) is 0 Å². The Bertz CT molecular complexity index is 359. The Balaban J connectivity index is 2.05. The van der Waals surface area contributed by atoms with E-state index >= 15 is 0 Å². The number of carbonyl (C=O) groups excluding carboxylic acids is 1. The van der Waals surface area contributed by atoms with E-state index in [1.165, 1.54) is 0 Å². The topological polar surface area (TPSA) is 69.6 Å². The molecule has 0 saturated carbocycles. The van der Waals surface area contributed by atoms with E-state index in [2.05, 4.69) is 19.2 Å². The Hall–Kier alpha value is -1.10. The van der Waals surface area contributed by atoms with Crippen LogP contribution in [0.25, 0.3) is 0 Å². The Morgan fingerprint density at radius 3 is 2.58 bits per heavy atom. The van der Waals surface area contributed by atoms with Gasteiger partial charge in [-0.2, -0.15) is 0 Å². The van der Waals surface area contributed by atoms with Crippen LogP contribution in [0.15, 0.2) is 0 Å². The Labute approximate surface area is 114 Å². The highest BCUT2D eigenvalue weighted by Crippen LogP contribution is 2.27. The zero-order valence-electron chi connectivity index (χ0n) is 11.8. The van der Waals surface area contributed by atoms with E-state index < -0.39 is 12.0 Å². The van der Waals surface area contributed by atoms with Crippen molar-refractivity contribution in [2.24, 2.45) is 11.8 Å². The Morgan fingerprint density at radius 2 is 1.95 bits per heavy atom. The van der Waals surface area contributed by atoms with Crippen LogP contribution in [0.3, 0.4) is 0 Å². The van der Waals surface area contributed by atoms with Gasteiger partial charge in [-0.05, 0) is 45.1 Å². The first-order valence-electron chi connectivity index (χ1n) is 7.25. The summed E-state index contributed by atoms with van der Waals surface area (Å²) in [5, 5.41) is 12.6. The van der Waals surface area contributed by atoms with Crippen LogP contribution in [0.4, 0.5) is 0 Å². The molecule has 4 unspecified atom stereocenters. The van der Waals surface area contributed by atoms with Gasteiger partial charge in [0.15, 0.2) is 0 Å². The third-order valence-electron chi connectivity index (χ3n) is 4.41. The predicted molar refractivity (Wildman–Crippen MR) is 71.7 cm³/mol.